The van der Waals surface area contributed by atoms with Crippen LogP contribution in [0.25, 0.3) is 0 Å². The second kappa shape index (κ2) is 8.46. The van der Waals surface area contributed by atoms with Crippen molar-refractivity contribution in [3.63, 3.8) is 0 Å². The van der Waals surface area contributed by atoms with Crippen LogP contribution in [0.5, 0.6) is 0 Å². The van der Waals surface area contributed by atoms with Crippen molar-refractivity contribution >= 4 is 17.2 Å². The highest BCUT2D eigenvalue weighted by Gasteiger charge is 2.25. The van der Waals surface area contributed by atoms with E-state index in [0.717, 1.165) is 37.2 Å². The van der Waals surface area contributed by atoms with Gasteiger partial charge in [-0.2, -0.15) is 0 Å². The quantitative estimate of drug-likeness (QED) is 0.810. The Bertz CT molecular complexity index is 632. The summed E-state index contributed by atoms with van der Waals surface area (Å²) in [4.78, 5) is 19.5. The summed E-state index contributed by atoms with van der Waals surface area (Å²) in [6, 6.07) is 6.01. The largest absolute Gasteiger partial charge is 0.383 e. The predicted molar refractivity (Wildman–Crippen MR) is 96.6 cm³/mol. The number of carbonyl (C=O) groups excluding carboxylic acids is 1. The number of carbonyl (C=O) groups is 1. The van der Waals surface area contributed by atoms with Gasteiger partial charge in [-0.1, -0.05) is 6.07 Å². The lowest BCUT2D eigenvalue weighted by atomic mass is 9.93. The topological polar surface area (TPSA) is 57.4 Å². The molecule has 5 nitrogen and oxygen atoms in total. The summed E-state index contributed by atoms with van der Waals surface area (Å²) in [6.07, 6.45) is 4.16. The molecule has 1 saturated heterocycles. The first-order valence-electron chi connectivity index (χ1n) is 8.48. The van der Waals surface area contributed by atoms with Gasteiger partial charge in [0, 0.05) is 42.9 Å². The third-order valence-corrected chi connectivity index (χ3v) is 5.36. The molecule has 2 aromatic heterocycles. The van der Waals surface area contributed by atoms with Crippen molar-refractivity contribution in [3.05, 3.63) is 45.9 Å². The zero-order chi connectivity index (χ0) is 16.8. The molecule has 0 aliphatic carbocycles. The maximum atomic E-state index is 13.1. The number of methoxy groups -OCH3 is 1. The smallest absolute Gasteiger partial charge is 0.256 e. The fraction of sp³-hybridized carbons (Fsp3) is 0.500. The van der Waals surface area contributed by atoms with Crippen LogP contribution in [0, 0.1) is 0 Å². The van der Waals surface area contributed by atoms with E-state index in [1.807, 2.05) is 28.6 Å². The molecule has 0 radical (unpaired) electrons. The highest BCUT2D eigenvalue weighted by molar-refractivity contribution is 7.09. The minimum Gasteiger partial charge on any atom is -0.383 e. The molecule has 6 heteroatoms. The van der Waals surface area contributed by atoms with Crippen LogP contribution in [0.3, 0.4) is 0 Å². The number of aromatic nitrogens is 1. The van der Waals surface area contributed by atoms with E-state index in [0.29, 0.717) is 25.6 Å². The van der Waals surface area contributed by atoms with Gasteiger partial charge in [-0.25, -0.2) is 0 Å². The number of ether oxygens (including phenoxy) is 1. The lowest BCUT2D eigenvalue weighted by Gasteiger charge is -2.26. The second-order valence-electron chi connectivity index (χ2n) is 6.15. The lowest BCUT2D eigenvalue weighted by Crippen LogP contribution is -2.35. The molecule has 1 unspecified atom stereocenters. The molecule has 1 amide bonds. The third-order valence-electron chi connectivity index (χ3n) is 4.49. The average Bonchev–Trinajstić information content (AvgIpc) is 3.30. The van der Waals surface area contributed by atoms with Gasteiger partial charge in [0.05, 0.1) is 18.7 Å². The first kappa shape index (κ1) is 17.2. The van der Waals surface area contributed by atoms with Gasteiger partial charge in [-0.15, -0.1) is 11.3 Å². The Morgan fingerprint density at radius 3 is 3.08 bits per heavy atom. The lowest BCUT2D eigenvalue weighted by molar-refractivity contribution is 0.0681. The second-order valence-corrected chi connectivity index (χ2v) is 7.18. The van der Waals surface area contributed by atoms with Crippen LogP contribution in [0.15, 0.2) is 29.8 Å². The molecule has 0 saturated carbocycles. The van der Waals surface area contributed by atoms with Crippen LogP contribution >= 0.6 is 11.3 Å². The SMILES string of the molecule is COCCN(Cc1cccs1)C(=O)c1cc[nH]c1C1CCCNC1. The molecule has 130 valence electrons. The summed E-state index contributed by atoms with van der Waals surface area (Å²) in [6.45, 7) is 3.78. The summed E-state index contributed by atoms with van der Waals surface area (Å²) >= 11 is 1.68. The van der Waals surface area contributed by atoms with Crippen LogP contribution in [-0.4, -0.2) is 49.1 Å². The van der Waals surface area contributed by atoms with Crippen LogP contribution in [0.1, 0.15) is 39.7 Å². The van der Waals surface area contributed by atoms with Crippen LogP contribution in [-0.2, 0) is 11.3 Å². The fourth-order valence-corrected chi connectivity index (χ4v) is 3.94. The first-order chi connectivity index (χ1) is 11.8. The summed E-state index contributed by atoms with van der Waals surface area (Å²) < 4.78 is 5.20. The predicted octanol–water partition coefficient (Wildman–Crippen LogP) is 2.83. The zero-order valence-corrected chi connectivity index (χ0v) is 14.9. The van der Waals surface area contributed by atoms with Crippen molar-refractivity contribution in [2.24, 2.45) is 0 Å². The van der Waals surface area contributed by atoms with Gasteiger partial charge in [0.15, 0.2) is 0 Å². The van der Waals surface area contributed by atoms with E-state index < -0.39 is 0 Å². The molecule has 1 fully saturated rings. The van der Waals surface area contributed by atoms with Crippen molar-refractivity contribution in [1.82, 2.24) is 15.2 Å². The van der Waals surface area contributed by atoms with Crippen LogP contribution < -0.4 is 5.32 Å². The fourth-order valence-electron chi connectivity index (χ4n) is 3.22. The molecule has 2 N–H and O–H groups in total. The molecule has 0 bridgehead atoms. The van der Waals surface area contributed by atoms with Crippen LogP contribution in [0.4, 0.5) is 0 Å². The van der Waals surface area contributed by atoms with Crippen molar-refractivity contribution in [3.8, 4) is 0 Å². The van der Waals surface area contributed by atoms with Gasteiger partial charge in [-0.3, -0.25) is 4.79 Å². The number of amides is 1. The van der Waals surface area contributed by atoms with E-state index in [9.17, 15) is 4.79 Å². The summed E-state index contributed by atoms with van der Waals surface area (Å²) in [7, 11) is 1.67. The van der Waals surface area contributed by atoms with Gasteiger partial charge in [0.2, 0.25) is 0 Å². The molecule has 0 spiro atoms. The van der Waals surface area contributed by atoms with Crippen molar-refractivity contribution < 1.29 is 9.53 Å². The van der Waals surface area contributed by atoms with Gasteiger partial charge < -0.3 is 19.9 Å². The maximum absolute atomic E-state index is 13.1. The molecule has 0 aromatic carbocycles. The first-order valence-corrected chi connectivity index (χ1v) is 9.36. The number of rotatable bonds is 7. The minimum absolute atomic E-state index is 0.0854. The number of H-pyrrole nitrogens is 1. The van der Waals surface area contributed by atoms with E-state index in [2.05, 4.69) is 16.4 Å². The Kier molecular flexibility index (Phi) is 6.07. The molecule has 3 heterocycles. The molecule has 24 heavy (non-hydrogen) atoms. The third kappa shape index (κ3) is 4.06. The minimum atomic E-state index is 0.0854. The highest BCUT2D eigenvalue weighted by Crippen LogP contribution is 2.26. The Morgan fingerprint density at radius 2 is 2.38 bits per heavy atom. The number of thiophene rings is 1. The molecular formula is C18H25N3O2S. The molecule has 3 rings (SSSR count). The molecule has 1 atom stereocenters. The van der Waals surface area contributed by atoms with E-state index in [4.69, 9.17) is 4.74 Å². The molecule has 2 aromatic rings. The molecular weight excluding hydrogens is 322 g/mol. The summed E-state index contributed by atoms with van der Waals surface area (Å²) in [5, 5.41) is 5.47. The maximum Gasteiger partial charge on any atom is 0.256 e. The number of piperidine rings is 1. The van der Waals surface area contributed by atoms with E-state index in [1.54, 1.807) is 18.4 Å². The average molecular weight is 347 g/mol. The number of aromatic amines is 1. The molecule has 1 aliphatic heterocycles. The highest BCUT2D eigenvalue weighted by atomic mass is 32.1. The van der Waals surface area contributed by atoms with Crippen LogP contribution in [0.2, 0.25) is 0 Å². The van der Waals surface area contributed by atoms with Crippen molar-refractivity contribution in [1.29, 1.82) is 0 Å². The monoisotopic (exact) mass is 347 g/mol. The van der Waals surface area contributed by atoms with E-state index >= 15 is 0 Å². The number of nitrogens with one attached hydrogen (secondary N) is 2. The zero-order valence-electron chi connectivity index (χ0n) is 14.1. The van der Waals surface area contributed by atoms with Gasteiger partial charge in [0.1, 0.15) is 0 Å². The van der Waals surface area contributed by atoms with Crippen molar-refractivity contribution in [2.45, 2.75) is 25.3 Å². The van der Waals surface area contributed by atoms with Gasteiger partial charge >= 0.3 is 0 Å². The Balaban J connectivity index is 1.77. The standard InChI is InChI=1S/C18H25N3O2S/c1-23-10-9-21(13-15-5-3-11-24-15)18(22)16-6-8-20-17(16)14-4-2-7-19-12-14/h3,5-6,8,11,14,19-20H,2,4,7,9-10,12-13H2,1H3. The molecule has 1 aliphatic rings. The Labute approximate surface area is 147 Å². The van der Waals surface area contributed by atoms with E-state index in [1.165, 1.54) is 4.88 Å². The number of nitrogens with zero attached hydrogens (tertiary/aromatic N) is 1. The van der Waals surface area contributed by atoms with Crippen molar-refractivity contribution in [2.75, 3.05) is 33.4 Å². The summed E-state index contributed by atoms with van der Waals surface area (Å²) in [5.74, 6) is 0.473. The van der Waals surface area contributed by atoms with Gasteiger partial charge in [0.25, 0.3) is 5.91 Å². The summed E-state index contributed by atoms with van der Waals surface area (Å²) in [5.41, 5.74) is 1.87. The van der Waals surface area contributed by atoms with Gasteiger partial charge in [-0.05, 0) is 36.9 Å². The number of hydrogen-bond donors (Lipinski definition) is 2. The number of hydrogen-bond acceptors (Lipinski definition) is 4. The Morgan fingerprint density at radius 1 is 1.46 bits per heavy atom. The Hall–Kier alpha value is -1.63. The van der Waals surface area contributed by atoms with E-state index in [-0.39, 0.29) is 5.91 Å². The normalized spacial score (nSPS) is 17.8.